The average molecular weight is 316 g/mol. The zero-order valence-corrected chi connectivity index (χ0v) is 13.0. The first-order chi connectivity index (χ1) is 11.7. The van der Waals surface area contributed by atoms with Crippen molar-refractivity contribution in [1.29, 1.82) is 0 Å². The van der Waals surface area contributed by atoms with Crippen molar-refractivity contribution >= 4 is 28.6 Å². The SMILES string of the molecule is O=C(C=Cc1ccccc1)OCC(=O)c1cccc2ccccc12. The third kappa shape index (κ3) is 3.76. The summed E-state index contributed by atoms with van der Waals surface area (Å²) in [4.78, 5) is 24.1. The van der Waals surface area contributed by atoms with Crippen molar-refractivity contribution in [3.8, 4) is 0 Å². The lowest BCUT2D eigenvalue weighted by Gasteiger charge is -2.06. The second-order valence-corrected chi connectivity index (χ2v) is 5.30. The topological polar surface area (TPSA) is 43.4 Å². The largest absolute Gasteiger partial charge is 0.454 e. The maximum Gasteiger partial charge on any atom is 0.331 e. The molecule has 0 spiro atoms. The summed E-state index contributed by atoms with van der Waals surface area (Å²) in [7, 11) is 0. The molecule has 0 aromatic heterocycles. The van der Waals surface area contributed by atoms with Crippen molar-refractivity contribution in [2.75, 3.05) is 6.61 Å². The third-order valence-electron chi connectivity index (χ3n) is 3.65. The van der Waals surface area contributed by atoms with E-state index in [-0.39, 0.29) is 12.4 Å². The van der Waals surface area contributed by atoms with Gasteiger partial charge in [0.15, 0.2) is 6.61 Å². The number of hydrogen-bond acceptors (Lipinski definition) is 3. The first kappa shape index (κ1) is 15.7. The molecular formula is C21H16O3. The monoisotopic (exact) mass is 316 g/mol. The van der Waals surface area contributed by atoms with Gasteiger partial charge in [0, 0.05) is 11.6 Å². The van der Waals surface area contributed by atoms with Gasteiger partial charge < -0.3 is 4.74 Å². The van der Waals surface area contributed by atoms with E-state index < -0.39 is 5.97 Å². The Bertz CT molecular complexity index is 890. The first-order valence-electron chi connectivity index (χ1n) is 7.65. The summed E-state index contributed by atoms with van der Waals surface area (Å²) in [5, 5.41) is 1.85. The van der Waals surface area contributed by atoms with Gasteiger partial charge in [0.05, 0.1) is 0 Å². The Balaban J connectivity index is 1.65. The van der Waals surface area contributed by atoms with Crippen molar-refractivity contribution in [2.45, 2.75) is 0 Å². The van der Waals surface area contributed by atoms with Gasteiger partial charge in [-0.05, 0) is 22.4 Å². The van der Waals surface area contributed by atoms with Crippen molar-refractivity contribution in [2.24, 2.45) is 0 Å². The van der Waals surface area contributed by atoms with Crippen LogP contribution in [0.1, 0.15) is 15.9 Å². The number of esters is 1. The number of benzene rings is 3. The molecule has 3 rings (SSSR count). The van der Waals surface area contributed by atoms with Gasteiger partial charge in [-0.2, -0.15) is 0 Å². The van der Waals surface area contributed by atoms with Gasteiger partial charge in [0.2, 0.25) is 5.78 Å². The first-order valence-corrected chi connectivity index (χ1v) is 7.65. The normalized spacial score (nSPS) is 10.8. The zero-order chi connectivity index (χ0) is 16.8. The Kier molecular flexibility index (Phi) is 4.82. The molecule has 24 heavy (non-hydrogen) atoms. The van der Waals surface area contributed by atoms with Crippen LogP contribution in [0.3, 0.4) is 0 Å². The van der Waals surface area contributed by atoms with E-state index in [4.69, 9.17) is 4.74 Å². The van der Waals surface area contributed by atoms with E-state index in [9.17, 15) is 9.59 Å². The van der Waals surface area contributed by atoms with E-state index in [1.807, 2.05) is 66.7 Å². The number of Topliss-reactive ketones (excluding diaryl/α,β-unsaturated/α-hetero) is 1. The third-order valence-corrected chi connectivity index (χ3v) is 3.65. The number of fused-ring (bicyclic) bond motifs is 1. The standard InChI is InChI=1S/C21H16O3/c22-20(19-12-6-10-17-9-4-5-11-18(17)19)15-24-21(23)14-13-16-7-2-1-3-8-16/h1-14H,15H2. The minimum Gasteiger partial charge on any atom is -0.454 e. The summed E-state index contributed by atoms with van der Waals surface area (Å²) in [5.74, 6) is -0.749. The van der Waals surface area contributed by atoms with E-state index in [2.05, 4.69) is 0 Å². The molecule has 0 atom stereocenters. The quantitative estimate of drug-likeness (QED) is 0.401. The number of carbonyl (C=O) groups excluding carboxylic acids is 2. The Morgan fingerprint density at radius 1 is 0.833 bits per heavy atom. The molecule has 0 aliphatic carbocycles. The molecule has 0 bridgehead atoms. The zero-order valence-electron chi connectivity index (χ0n) is 13.0. The second-order valence-electron chi connectivity index (χ2n) is 5.30. The van der Waals surface area contributed by atoms with Crippen molar-refractivity contribution < 1.29 is 14.3 Å². The highest BCUT2D eigenvalue weighted by Gasteiger charge is 2.11. The highest BCUT2D eigenvalue weighted by atomic mass is 16.5. The fourth-order valence-electron chi connectivity index (χ4n) is 2.46. The maximum absolute atomic E-state index is 12.3. The van der Waals surface area contributed by atoms with Crippen LogP contribution in [0.15, 0.2) is 78.9 Å². The average Bonchev–Trinajstić information content (AvgIpc) is 2.64. The molecule has 0 saturated carbocycles. The number of hydrogen-bond donors (Lipinski definition) is 0. The second kappa shape index (κ2) is 7.38. The molecule has 0 saturated heterocycles. The summed E-state index contributed by atoms with van der Waals surface area (Å²) in [6.45, 7) is -0.272. The Morgan fingerprint density at radius 3 is 2.38 bits per heavy atom. The van der Waals surface area contributed by atoms with Gasteiger partial charge >= 0.3 is 5.97 Å². The van der Waals surface area contributed by atoms with Gasteiger partial charge in [-0.1, -0.05) is 72.8 Å². The fourth-order valence-corrected chi connectivity index (χ4v) is 2.46. The van der Waals surface area contributed by atoms with Gasteiger partial charge in [-0.25, -0.2) is 4.79 Å². The molecule has 3 aromatic rings. The van der Waals surface area contributed by atoms with E-state index in [0.717, 1.165) is 16.3 Å². The van der Waals surface area contributed by atoms with Gasteiger partial charge in [0.1, 0.15) is 0 Å². The maximum atomic E-state index is 12.3. The minimum absolute atomic E-state index is 0.215. The van der Waals surface area contributed by atoms with Crippen LogP contribution in [-0.2, 0) is 9.53 Å². The van der Waals surface area contributed by atoms with Crippen molar-refractivity contribution in [1.82, 2.24) is 0 Å². The molecule has 0 aliphatic heterocycles. The molecular weight excluding hydrogens is 300 g/mol. The lowest BCUT2D eigenvalue weighted by Crippen LogP contribution is -2.12. The minimum atomic E-state index is -0.535. The number of carbonyl (C=O) groups is 2. The molecule has 0 N–H and O–H groups in total. The van der Waals surface area contributed by atoms with Crippen LogP contribution in [0.2, 0.25) is 0 Å². The summed E-state index contributed by atoms with van der Waals surface area (Å²) in [6, 6.07) is 22.6. The number of ether oxygens (including phenoxy) is 1. The van der Waals surface area contributed by atoms with Crippen LogP contribution in [0.25, 0.3) is 16.8 Å². The van der Waals surface area contributed by atoms with E-state index in [1.54, 1.807) is 12.1 Å². The van der Waals surface area contributed by atoms with Gasteiger partial charge in [-0.15, -0.1) is 0 Å². The summed E-state index contributed by atoms with van der Waals surface area (Å²) in [6.07, 6.45) is 2.98. The van der Waals surface area contributed by atoms with E-state index in [1.165, 1.54) is 6.08 Å². The van der Waals surface area contributed by atoms with E-state index in [0.29, 0.717) is 5.56 Å². The van der Waals surface area contributed by atoms with Crippen LogP contribution < -0.4 is 0 Å². The Morgan fingerprint density at radius 2 is 1.54 bits per heavy atom. The van der Waals surface area contributed by atoms with Crippen molar-refractivity contribution in [3.63, 3.8) is 0 Å². The lowest BCUT2D eigenvalue weighted by molar-refractivity contribution is -0.136. The van der Waals surface area contributed by atoms with Gasteiger partial charge in [-0.3, -0.25) is 4.79 Å². The van der Waals surface area contributed by atoms with E-state index >= 15 is 0 Å². The van der Waals surface area contributed by atoms with Crippen LogP contribution >= 0.6 is 0 Å². The number of rotatable bonds is 5. The summed E-state index contributed by atoms with van der Waals surface area (Å²) in [5.41, 5.74) is 1.46. The molecule has 0 amide bonds. The molecule has 0 fully saturated rings. The molecule has 0 radical (unpaired) electrons. The molecule has 0 unspecified atom stereocenters. The Labute approximate surface area is 140 Å². The predicted octanol–water partition coefficient (Wildman–Crippen LogP) is 4.28. The smallest absolute Gasteiger partial charge is 0.331 e. The summed E-state index contributed by atoms with van der Waals surface area (Å²) < 4.78 is 5.05. The molecule has 0 aliphatic rings. The molecule has 3 aromatic carbocycles. The van der Waals surface area contributed by atoms with Crippen LogP contribution in [0, 0.1) is 0 Å². The van der Waals surface area contributed by atoms with Crippen molar-refractivity contribution in [3.05, 3.63) is 90.0 Å². The highest BCUT2D eigenvalue weighted by molar-refractivity contribution is 6.09. The van der Waals surface area contributed by atoms with Crippen LogP contribution in [-0.4, -0.2) is 18.4 Å². The predicted molar refractivity (Wildman–Crippen MR) is 94.7 cm³/mol. The summed E-state index contributed by atoms with van der Waals surface area (Å²) >= 11 is 0. The highest BCUT2D eigenvalue weighted by Crippen LogP contribution is 2.19. The molecule has 3 nitrogen and oxygen atoms in total. The van der Waals surface area contributed by atoms with Gasteiger partial charge in [0.25, 0.3) is 0 Å². The Hall–Kier alpha value is -3.20. The van der Waals surface area contributed by atoms with Crippen LogP contribution in [0.5, 0.6) is 0 Å². The number of ketones is 1. The lowest BCUT2D eigenvalue weighted by atomic mass is 10.0. The molecule has 3 heteroatoms. The molecule has 0 heterocycles. The fraction of sp³-hybridized carbons (Fsp3) is 0.0476. The molecule has 118 valence electrons. The van der Waals surface area contributed by atoms with Crippen LogP contribution in [0.4, 0.5) is 0 Å².